The van der Waals surface area contributed by atoms with Crippen LogP contribution in [-0.2, 0) is 4.79 Å². The molecule has 0 aliphatic rings. The summed E-state index contributed by atoms with van der Waals surface area (Å²) in [6, 6.07) is 13.7. The number of thiazole rings is 1. The van der Waals surface area contributed by atoms with Crippen LogP contribution in [0.2, 0.25) is 0 Å². The first-order valence-corrected chi connectivity index (χ1v) is 8.75. The quantitative estimate of drug-likeness (QED) is 0.741. The second-order valence-electron chi connectivity index (χ2n) is 5.90. The smallest absolute Gasteiger partial charge is 0.233 e. The molecule has 3 rings (SSSR count). The number of pyridine rings is 1. The number of hydrogen-bond donors (Lipinski definition) is 1. The topological polar surface area (TPSA) is 54.9 Å². The molecular weight excluding hydrogens is 318 g/mol. The van der Waals surface area contributed by atoms with E-state index in [1.165, 1.54) is 11.3 Å². The molecule has 1 atom stereocenters. The summed E-state index contributed by atoms with van der Waals surface area (Å²) in [6.45, 7) is 4.11. The Morgan fingerprint density at radius 2 is 1.79 bits per heavy atom. The zero-order valence-electron chi connectivity index (χ0n) is 13.6. The molecule has 2 aromatic heterocycles. The minimum Gasteiger partial charge on any atom is -0.301 e. The minimum absolute atomic E-state index is 0.0215. The molecule has 4 nitrogen and oxygen atoms in total. The lowest BCUT2D eigenvalue weighted by molar-refractivity contribution is -0.118. The summed E-state index contributed by atoms with van der Waals surface area (Å²) in [5.74, 6) is -0.0154. The van der Waals surface area contributed by atoms with E-state index in [1.54, 1.807) is 12.4 Å². The van der Waals surface area contributed by atoms with E-state index >= 15 is 0 Å². The lowest BCUT2D eigenvalue weighted by Gasteiger charge is -2.19. The molecule has 0 bridgehead atoms. The van der Waals surface area contributed by atoms with Gasteiger partial charge in [0.25, 0.3) is 0 Å². The van der Waals surface area contributed by atoms with Crippen LogP contribution in [0, 0.1) is 5.92 Å². The molecule has 1 amide bonds. The summed E-state index contributed by atoms with van der Waals surface area (Å²) in [5.41, 5.74) is 2.86. The number of nitrogens with one attached hydrogen (secondary N) is 1. The van der Waals surface area contributed by atoms with E-state index in [4.69, 9.17) is 0 Å². The number of rotatable bonds is 5. The molecule has 0 radical (unpaired) electrons. The van der Waals surface area contributed by atoms with Crippen molar-refractivity contribution in [3.8, 4) is 11.3 Å². The predicted octanol–water partition coefficient (Wildman–Crippen LogP) is 4.58. The third kappa shape index (κ3) is 3.68. The maximum Gasteiger partial charge on any atom is 0.233 e. The molecular formula is C19H19N3OS. The average Bonchev–Trinajstić information content (AvgIpc) is 3.05. The van der Waals surface area contributed by atoms with Gasteiger partial charge in [-0.25, -0.2) is 4.98 Å². The normalized spacial score (nSPS) is 12.1. The highest BCUT2D eigenvalue weighted by atomic mass is 32.1. The van der Waals surface area contributed by atoms with Crippen LogP contribution in [0.25, 0.3) is 11.3 Å². The molecule has 0 saturated carbocycles. The van der Waals surface area contributed by atoms with E-state index in [0.717, 1.165) is 16.8 Å². The van der Waals surface area contributed by atoms with Crippen LogP contribution < -0.4 is 5.32 Å². The maximum absolute atomic E-state index is 12.7. The zero-order chi connectivity index (χ0) is 16.9. The first kappa shape index (κ1) is 16.3. The molecule has 1 unspecified atom stereocenters. The number of nitrogens with zero attached hydrogens (tertiary/aromatic N) is 2. The number of carbonyl (C=O) groups excluding carboxylic acids is 1. The molecule has 2 heterocycles. The molecule has 3 aromatic rings. The highest BCUT2D eigenvalue weighted by Gasteiger charge is 2.24. The Labute approximate surface area is 145 Å². The van der Waals surface area contributed by atoms with E-state index in [1.807, 2.05) is 47.8 Å². The minimum atomic E-state index is -0.195. The molecule has 5 heteroatoms. The van der Waals surface area contributed by atoms with Gasteiger partial charge in [0.05, 0.1) is 11.6 Å². The Bertz CT molecular complexity index is 800. The highest BCUT2D eigenvalue weighted by molar-refractivity contribution is 7.14. The van der Waals surface area contributed by atoms with Crippen molar-refractivity contribution in [3.63, 3.8) is 0 Å². The van der Waals surface area contributed by atoms with Crippen molar-refractivity contribution in [1.82, 2.24) is 9.97 Å². The summed E-state index contributed by atoms with van der Waals surface area (Å²) in [5, 5.41) is 5.53. The Kier molecular flexibility index (Phi) is 5.01. The first-order valence-electron chi connectivity index (χ1n) is 7.87. The van der Waals surface area contributed by atoms with Crippen molar-refractivity contribution >= 4 is 22.4 Å². The van der Waals surface area contributed by atoms with Crippen LogP contribution in [0.1, 0.15) is 25.3 Å². The van der Waals surface area contributed by atoms with Gasteiger partial charge >= 0.3 is 0 Å². The van der Waals surface area contributed by atoms with Crippen molar-refractivity contribution in [2.24, 2.45) is 5.92 Å². The van der Waals surface area contributed by atoms with Crippen molar-refractivity contribution in [2.75, 3.05) is 5.32 Å². The van der Waals surface area contributed by atoms with Crippen molar-refractivity contribution in [3.05, 3.63) is 65.8 Å². The summed E-state index contributed by atoms with van der Waals surface area (Å²) >= 11 is 1.43. The SMILES string of the molecule is CC(C)C(C(=O)Nc1nc(-c2ccncc2)cs1)c1ccccc1. The molecule has 0 fully saturated rings. The first-order chi connectivity index (χ1) is 11.6. The number of anilines is 1. The van der Waals surface area contributed by atoms with E-state index < -0.39 is 0 Å². The Balaban J connectivity index is 1.78. The van der Waals surface area contributed by atoms with Crippen molar-refractivity contribution in [1.29, 1.82) is 0 Å². The Hall–Kier alpha value is -2.53. The molecule has 1 aromatic carbocycles. The van der Waals surface area contributed by atoms with Gasteiger partial charge in [0.15, 0.2) is 5.13 Å². The van der Waals surface area contributed by atoms with Gasteiger partial charge in [-0.2, -0.15) is 0 Å². The van der Waals surface area contributed by atoms with Gasteiger partial charge in [-0.1, -0.05) is 44.2 Å². The van der Waals surface area contributed by atoms with Gasteiger partial charge in [-0.3, -0.25) is 9.78 Å². The molecule has 0 spiro atoms. The van der Waals surface area contributed by atoms with Crippen LogP contribution in [-0.4, -0.2) is 15.9 Å². The van der Waals surface area contributed by atoms with Gasteiger partial charge in [-0.05, 0) is 23.6 Å². The fourth-order valence-electron chi connectivity index (χ4n) is 2.67. The van der Waals surface area contributed by atoms with Gasteiger partial charge < -0.3 is 5.32 Å². The van der Waals surface area contributed by atoms with Gasteiger partial charge in [-0.15, -0.1) is 11.3 Å². The second kappa shape index (κ2) is 7.36. The summed E-state index contributed by atoms with van der Waals surface area (Å²) in [7, 11) is 0. The largest absolute Gasteiger partial charge is 0.301 e. The Morgan fingerprint density at radius 1 is 1.08 bits per heavy atom. The van der Waals surface area contributed by atoms with Crippen LogP contribution >= 0.6 is 11.3 Å². The number of amides is 1. The van der Waals surface area contributed by atoms with E-state index in [-0.39, 0.29) is 17.7 Å². The molecule has 0 aliphatic heterocycles. The van der Waals surface area contributed by atoms with E-state index in [2.05, 4.69) is 29.1 Å². The van der Waals surface area contributed by atoms with Crippen molar-refractivity contribution < 1.29 is 4.79 Å². The van der Waals surface area contributed by atoms with Crippen LogP contribution in [0.4, 0.5) is 5.13 Å². The van der Waals surface area contributed by atoms with Gasteiger partial charge in [0, 0.05) is 23.3 Å². The number of hydrogen-bond acceptors (Lipinski definition) is 4. The number of benzene rings is 1. The van der Waals surface area contributed by atoms with Gasteiger partial charge in [0.1, 0.15) is 0 Å². The standard InChI is InChI=1S/C19H19N3OS/c1-13(2)17(15-6-4-3-5-7-15)18(23)22-19-21-16(12-24-19)14-8-10-20-11-9-14/h3-13,17H,1-2H3,(H,21,22,23). The van der Waals surface area contributed by atoms with Gasteiger partial charge in [0.2, 0.25) is 5.91 Å². The van der Waals surface area contributed by atoms with E-state index in [9.17, 15) is 4.79 Å². The third-order valence-electron chi connectivity index (χ3n) is 3.82. The lowest BCUT2D eigenvalue weighted by atomic mass is 9.88. The summed E-state index contributed by atoms with van der Waals surface area (Å²) < 4.78 is 0. The predicted molar refractivity (Wildman–Crippen MR) is 98.0 cm³/mol. The van der Waals surface area contributed by atoms with Crippen LogP contribution in [0.3, 0.4) is 0 Å². The van der Waals surface area contributed by atoms with E-state index in [0.29, 0.717) is 5.13 Å². The molecule has 0 saturated heterocycles. The zero-order valence-corrected chi connectivity index (χ0v) is 14.5. The van der Waals surface area contributed by atoms with Crippen LogP contribution in [0.5, 0.6) is 0 Å². The summed E-state index contributed by atoms with van der Waals surface area (Å²) in [6.07, 6.45) is 3.47. The molecule has 0 aliphatic carbocycles. The highest BCUT2D eigenvalue weighted by Crippen LogP contribution is 2.28. The Morgan fingerprint density at radius 3 is 2.46 bits per heavy atom. The van der Waals surface area contributed by atoms with Crippen LogP contribution in [0.15, 0.2) is 60.2 Å². The lowest BCUT2D eigenvalue weighted by Crippen LogP contribution is -2.25. The fraction of sp³-hybridized carbons (Fsp3) is 0.211. The number of aromatic nitrogens is 2. The van der Waals surface area contributed by atoms with Crippen molar-refractivity contribution in [2.45, 2.75) is 19.8 Å². The summed E-state index contributed by atoms with van der Waals surface area (Å²) in [4.78, 5) is 21.3. The fourth-order valence-corrected chi connectivity index (χ4v) is 3.39. The molecule has 24 heavy (non-hydrogen) atoms. The molecule has 122 valence electrons. The second-order valence-corrected chi connectivity index (χ2v) is 6.75. The molecule has 1 N–H and O–H groups in total. The third-order valence-corrected chi connectivity index (χ3v) is 4.58. The maximum atomic E-state index is 12.7. The average molecular weight is 337 g/mol. The monoisotopic (exact) mass is 337 g/mol. The number of carbonyl (C=O) groups is 1.